The van der Waals surface area contributed by atoms with Crippen molar-refractivity contribution in [3.8, 4) is 5.75 Å². The molecule has 0 atom stereocenters. The number of methoxy groups -OCH3 is 1. The largest absolute Gasteiger partial charge is 0.497 e. The van der Waals surface area contributed by atoms with E-state index in [4.69, 9.17) is 9.47 Å². The molecule has 0 bridgehead atoms. The van der Waals surface area contributed by atoms with Crippen LogP contribution in [-0.4, -0.2) is 19.7 Å². The number of rotatable bonds is 6. The van der Waals surface area contributed by atoms with Crippen molar-refractivity contribution in [2.75, 3.05) is 13.7 Å². The molecule has 0 aliphatic heterocycles. The second kappa shape index (κ2) is 6.43. The van der Waals surface area contributed by atoms with Crippen LogP contribution in [0, 0.1) is 0 Å². The zero-order chi connectivity index (χ0) is 13.6. The molecular formula is C15H22O3. The summed E-state index contributed by atoms with van der Waals surface area (Å²) in [4.78, 5) is 12.3. The van der Waals surface area contributed by atoms with Gasteiger partial charge in [-0.05, 0) is 37.5 Å². The summed E-state index contributed by atoms with van der Waals surface area (Å²) in [5.41, 5.74) is 0.398. The molecule has 0 aliphatic rings. The molecule has 0 radical (unpaired) electrons. The number of carbonyl (C=O) groups is 1. The van der Waals surface area contributed by atoms with Crippen molar-refractivity contribution in [3.05, 3.63) is 29.8 Å². The smallest absolute Gasteiger partial charge is 0.316 e. The Morgan fingerprint density at radius 3 is 2.39 bits per heavy atom. The molecule has 0 heterocycles. The third-order valence-electron chi connectivity index (χ3n) is 3.50. The lowest BCUT2D eigenvalue weighted by Crippen LogP contribution is -2.36. The van der Waals surface area contributed by atoms with Crippen LogP contribution in [0.3, 0.4) is 0 Å². The summed E-state index contributed by atoms with van der Waals surface area (Å²) in [7, 11) is 1.63. The zero-order valence-electron chi connectivity index (χ0n) is 11.7. The van der Waals surface area contributed by atoms with Gasteiger partial charge in [-0.25, -0.2) is 0 Å². The molecule has 0 saturated heterocycles. The van der Waals surface area contributed by atoms with E-state index in [1.54, 1.807) is 7.11 Å². The number of ether oxygens (including phenoxy) is 2. The number of carbonyl (C=O) groups excluding carboxylic acids is 1. The van der Waals surface area contributed by atoms with Crippen LogP contribution in [0.5, 0.6) is 5.75 Å². The Morgan fingerprint density at radius 1 is 1.22 bits per heavy atom. The molecule has 0 aliphatic carbocycles. The van der Waals surface area contributed by atoms with Crippen LogP contribution in [-0.2, 0) is 14.9 Å². The van der Waals surface area contributed by atoms with Crippen LogP contribution in [0.4, 0.5) is 0 Å². The van der Waals surface area contributed by atoms with Gasteiger partial charge in [-0.3, -0.25) is 4.79 Å². The lowest BCUT2D eigenvalue weighted by Gasteiger charge is -2.29. The van der Waals surface area contributed by atoms with Crippen molar-refractivity contribution in [1.29, 1.82) is 0 Å². The number of hydrogen-bond donors (Lipinski definition) is 0. The molecule has 1 rings (SSSR count). The highest BCUT2D eigenvalue weighted by Gasteiger charge is 2.38. The monoisotopic (exact) mass is 250 g/mol. The molecular weight excluding hydrogens is 228 g/mol. The Hall–Kier alpha value is -1.51. The third kappa shape index (κ3) is 2.66. The van der Waals surface area contributed by atoms with Gasteiger partial charge in [-0.2, -0.15) is 0 Å². The van der Waals surface area contributed by atoms with E-state index in [-0.39, 0.29) is 5.97 Å². The molecule has 0 saturated carbocycles. The molecule has 3 heteroatoms. The Kier molecular flexibility index (Phi) is 5.20. The van der Waals surface area contributed by atoms with E-state index in [1.165, 1.54) is 0 Å². The van der Waals surface area contributed by atoms with Crippen molar-refractivity contribution < 1.29 is 14.3 Å². The Bertz CT molecular complexity index is 394. The van der Waals surface area contributed by atoms with Gasteiger partial charge in [-0.15, -0.1) is 0 Å². The molecule has 1 aromatic carbocycles. The maximum absolute atomic E-state index is 12.3. The summed E-state index contributed by atoms with van der Waals surface area (Å²) < 4.78 is 10.5. The van der Waals surface area contributed by atoms with Gasteiger partial charge in [0.2, 0.25) is 0 Å². The van der Waals surface area contributed by atoms with Gasteiger partial charge >= 0.3 is 5.97 Å². The van der Waals surface area contributed by atoms with E-state index in [1.807, 2.05) is 45.0 Å². The predicted molar refractivity (Wildman–Crippen MR) is 71.9 cm³/mol. The standard InChI is InChI=1S/C15H22O3/c1-5-15(6-2,14(16)18-7-3)12-9-8-10-13(11-12)17-4/h8-11H,5-7H2,1-4H3. The quantitative estimate of drug-likeness (QED) is 0.727. The zero-order valence-corrected chi connectivity index (χ0v) is 11.7. The average molecular weight is 250 g/mol. The lowest BCUT2D eigenvalue weighted by molar-refractivity contribution is -0.150. The fourth-order valence-corrected chi connectivity index (χ4v) is 2.25. The summed E-state index contributed by atoms with van der Waals surface area (Å²) in [5.74, 6) is 0.617. The van der Waals surface area contributed by atoms with Crippen LogP contribution in [0.1, 0.15) is 39.2 Å². The maximum Gasteiger partial charge on any atom is 0.316 e. The molecule has 0 fully saturated rings. The second-order valence-electron chi connectivity index (χ2n) is 4.24. The molecule has 0 unspecified atom stereocenters. The van der Waals surface area contributed by atoms with Crippen LogP contribution in [0.25, 0.3) is 0 Å². The average Bonchev–Trinajstić information content (AvgIpc) is 2.41. The number of esters is 1. The second-order valence-corrected chi connectivity index (χ2v) is 4.24. The van der Waals surface area contributed by atoms with Crippen LogP contribution in [0.15, 0.2) is 24.3 Å². The first-order chi connectivity index (χ1) is 8.64. The molecule has 3 nitrogen and oxygen atoms in total. The fraction of sp³-hybridized carbons (Fsp3) is 0.533. The normalized spacial score (nSPS) is 11.1. The van der Waals surface area contributed by atoms with Crippen molar-refractivity contribution in [2.45, 2.75) is 39.0 Å². The maximum atomic E-state index is 12.3. The van der Waals surface area contributed by atoms with Gasteiger partial charge in [0.15, 0.2) is 0 Å². The third-order valence-corrected chi connectivity index (χ3v) is 3.50. The Labute approximate surface area is 109 Å². The van der Waals surface area contributed by atoms with E-state index in [2.05, 4.69) is 0 Å². The first kappa shape index (κ1) is 14.6. The van der Waals surface area contributed by atoms with Crippen LogP contribution < -0.4 is 4.74 Å². The minimum absolute atomic E-state index is 0.150. The first-order valence-corrected chi connectivity index (χ1v) is 6.46. The van der Waals surface area contributed by atoms with Crippen LogP contribution in [0.2, 0.25) is 0 Å². The summed E-state index contributed by atoms with van der Waals surface area (Å²) in [6, 6.07) is 7.68. The first-order valence-electron chi connectivity index (χ1n) is 6.46. The molecule has 0 aromatic heterocycles. The SMILES string of the molecule is CCOC(=O)C(CC)(CC)c1cccc(OC)c1. The molecule has 0 N–H and O–H groups in total. The summed E-state index contributed by atoms with van der Waals surface area (Å²) >= 11 is 0. The lowest BCUT2D eigenvalue weighted by atomic mass is 9.76. The van der Waals surface area contributed by atoms with Gasteiger partial charge in [-0.1, -0.05) is 26.0 Å². The van der Waals surface area contributed by atoms with Crippen LogP contribution >= 0.6 is 0 Å². The molecule has 1 aromatic rings. The summed E-state index contributed by atoms with van der Waals surface area (Å²) in [6.45, 7) is 6.27. The van der Waals surface area contributed by atoms with E-state index in [0.29, 0.717) is 6.61 Å². The van der Waals surface area contributed by atoms with Crippen molar-refractivity contribution in [2.24, 2.45) is 0 Å². The molecule has 18 heavy (non-hydrogen) atoms. The van der Waals surface area contributed by atoms with Gasteiger partial charge in [0.1, 0.15) is 5.75 Å². The highest BCUT2D eigenvalue weighted by Crippen LogP contribution is 2.34. The van der Waals surface area contributed by atoms with E-state index in [0.717, 1.165) is 24.2 Å². The van der Waals surface area contributed by atoms with Gasteiger partial charge in [0.05, 0.1) is 19.1 Å². The van der Waals surface area contributed by atoms with Crippen molar-refractivity contribution in [3.63, 3.8) is 0 Å². The van der Waals surface area contributed by atoms with E-state index < -0.39 is 5.41 Å². The summed E-state index contributed by atoms with van der Waals surface area (Å²) in [5, 5.41) is 0. The van der Waals surface area contributed by atoms with Gasteiger partial charge in [0, 0.05) is 0 Å². The van der Waals surface area contributed by atoms with E-state index in [9.17, 15) is 4.79 Å². The molecule has 0 spiro atoms. The Morgan fingerprint density at radius 2 is 1.89 bits per heavy atom. The highest BCUT2D eigenvalue weighted by atomic mass is 16.5. The van der Waals surface area contributed by atoms with Gasteiger partial charge in [0.25, 0.3) is 0 Å². The van der Waals surface area contributed by atoms with Gasteiger partial charge < -0.3 is 9.47 Å². The topological polar surface area (TPSA) is 35.5 Å². The fourth-order valence-electron chi connectivity index (χ4n) is 2.25. The predicted octanol–water partition coefficient (Wildman–Crippen LogP) is 3.32. The Balaban J connectivity index is 3.21. The van der Waals surface area contributed by atoms with Crippen molar-refractivity contribution >= 4 is 5.97 Å². The van der Waals surface area contributed by atoms with Crippen molar-refractivity contribution in [1.82, 2.24) is 0 Å². The summed E-state index contributed by atoms with van der Waals surface area (Å²) in [6.07, 6.45) is 1.44. The van der Waals surface area contributed by atoms with E-state index >= 15 is 0 Å². The minimum atomic E-state index is -0.565. The highest BCUT2D eigenvalue weighted by molar-refractivity contribution is 5.83. The molecule has 100 valence electrons. The number of benzene rings is 1. The molecule has 0 amide bonds. The minimum Gasteiger partial charge on any atom is -0.497 e. The number of hydrogen-bond acceptors (Lipinski definition) is 3.